The Bertz CT molecular complexity index is 888. The number of halogens is 1. The Morgan fingerprint density at radius 1 is 1.18 bits per heavy atom. The van der Waals surface area contributed by atoms with E-state index < -0.39 is 0 Å². The number of ether oxygens (including phenoxy) is 1. The van der Waals surface area contributed by atoms with Gasteiger partial charge in [0.2, 0.25) is 0 Å². The molecule has 0 fully saturated rings. The molecular weight excluding hydrogens is 299 g/mol. The first-order chi connectivity index (χ1) is 10.6. The summed E-state index contributed by atoms with van der Waals surface area (Å²) in [6.07, 6.45) is 0. The molecule has 5 heteroatoms. The minimum atomic E-state index is -0.317. The van der Waals surface area contributed by atoms with Crippen LogP contribution in [0, 0.1) is 17.4 Å². The van der Waals surface area contributed by atoms with Crippen molar-refractivity contribution in [1.82, 2.24) is 9.55 Å². The molecular formula is C17H15FN2OS. The van der Waals surface area contributed by atoms with Gasteiger partial charge in [-0.3, -0.25) is 4.57 Å². The van der Waals surface area contributed by atoms with Crippen LogP contribution >= 0.6 is 12.2 Å². The van der Waals surface area contributed by atoms with Crippen molar-refractivity contribution in [3.63, 3.8) is 0 Å². The number of nitrogens with zero attached hydrogens (tertiary/aromatic N) is 2. The summed E-state index contributed by atoms with van der Waals surface area (Å²) in [5.74, 6) is 1.24. The zero-order valence-electron chi connectivity index (χ0n) is 12.3. The molecule has 0 amide bonds. The molecule has 0 bridgehead atoms. The van der Waals surface area contributed by atoms with Crippen LogP contribution in [0.3, 0.4) is 0 Å². The Hall–Kier alpha value is -2.27. The van der Waals surface area contributed by atoms with Crippen molar-refractivity contribution in [2.24, 2.45) is 0 Å². The van der Waals surface area contributed by atoms with Gasteiger partial charge in [0.15, 0.2) is 0 Å². The second kappa shape index (κ2) is 5.85. The van der Waals surface area contributed by atoms with Crippen molar-refractivity contribution in [3.8, 4) is 11.4 Å². The average Bonchev–Trinajstić information content (AvgIpc) is 2.50. The van der Waals surface area contributed by atoms with Gasteiger partial charge < -0.3 is 4.74 Å². The van der Waals surface area contributed by atoms with E-state index in [-0.39, 0.29) is 5.82 Å². The highest BCUT2D eigenvalue weighted by molar-refractivity contribution is 7.71. The van der Waals surface area contributed by atoms with Crippen LogP contribution in [-0.2, 0) is 0 Å². The third-order valence-corrected chi connectivity index (χ3v) is 3.81. The molecule has 2 aromatic carbocycles. The van der Waals surface area contributed by atoms with E-state index in [0.29, 0.717) is 22.2 Å². The molecule has 22 heavy (non-hydrogen) atoms. The Morgan fingerprint density at radius 2 is 1.91 bits per heavy atom. The molecule has 0 aliphatic heterocycles. The second-order valence-corrected chi connectivity index (χ2v) is 5.27. The van der Waals surface area contributed by atoms with E-state index in [4.69, 9.17) is 17.0 Å². The van der Waals surface area contributed by atoms with Gasteiger partial charge in [-0.25, -0.2) is 9.37 Å². The quantitative estimate of drug-likeness (QED) is 0.661. The molecule has 0 atom stereocenters. The van der Waals surface area contributed by atoms with E-state index in [9.17, 15) is 4.39 Å². The molecule has 0 unspecified atom stereocenters. The van der Waals surface area contributed by atoms with Crippen molar-refractivity contribution in [2.75, 3.05) is 6.61 Å². The third-order valence-electron chi connectivity index (χ3n) is 3.40. The van der Waals surface area contributed by atoms with E-state index in [1.54, 1.807) is 6.07 Å². The van der Waals surface area contributed by atoms with E-state index >= 15 is 0 Å². The Balaban J connectivity index is 2.19. The number of aryl methyl sites for hydroxylation is 1. The molecule has 0 saturated carbocycles. The first kappa shape index (κ1) is 14.7. The maximum Gasteiger partial charge on any atom is 0.124 e. The highest BCUT2D eigenvalue weighted by atomic mass is 32.1. The van der Waals surface area contributed by atoms with Gasteiger partial charge in [-0.05, 0) is 56.3 Å². The average molecular weight is 314 g/mol. The number of fused-ring (bicyclic) bond motifs is 1. The minimum Gasteiger partial charge on any atom is -0.494 e. The number of rotatable bonds is 3. The van der Waals surface area contributed by atoms with Gasteiger partial charge in [0.05, 0.1) is 12.1 Å². The normalized spacial score (nSPS) is 10.9. The third kappa shape index (κ3) is 2.60. The maximum atomic E-state index is 13.5. The van der Waals surface area contributed by atoms with Gasteiger partial charge >= 0.3 is 0 Å². The first-order valence-corrected chi connectivity index (χ1v) is 7.43. The number of benzene rings is 2. The molecule has 3 rings (SSSR count). The first-order valence-electron chi connectivity index (χ1n) is 7.02. The molecule has 1 heterocycles. The fourth-order valence-electron chi connectivity index (χ4n) is 2.43. The topological polar surface area (TPSA) is 27.1 Å². The summed E-state index contributed by atoms with van der Waals surface area (Å²) in [5.41, 5.74) is 1.58. The van der Waals surface area contributed by atoms with Crippen molar-refractivity contribution in [3.05, 3.63) is 58.7 Å². The molecule has 3 nitrogen and oxygen atoms in total. The minimum absolute atomic E-state index is 0.317. The van der Waals surface area contributed by atoms with Gasteiger partial charge in [0, 0.05) is 11.1 Å². The van der Waals surface area contributed by atoms with Crippen molar-refractivity contribution < 1.29 is 9.13 Å². The molecule has 0 aliphatic carbocycles. The van der Waals surface area contributed by atoms with Gasteiger partial charge in [-0.15, -0.1) is 0 Å². The highest BCUT2D eigenvalue weighted by Crippen LogP contribution is 2.22. The predicted molar refractivity (Wildman–Crippen MR) is 87.8 cm³/mol. The molecule has 0 saturated heterocycles. The molecule has 112 valence electrons. The summed E-state index contributed by atoms with van der Waals surface area (Å²) in [4.78, 5) is 4.51. The van der Waals surface area contributed by atoms with E-state index in [0.717, 1.165) is 17.3 Å². The number of hydrogen-bond donors (Lipinski definition) is 0. The van der Waals surface area contributed by atoms with Gasteiger partial charge in [0.25, 0.3) is 0 Å². The Kier molecular flexibility index (Phi) is 3.90. The van der Waals surface area contributed by atoms with Gasteiger partial charge in [-0.1, -0.05) is 12.2 Å². The monoisotopic (exact) mass is 314 g/mol. The maximum absolute atomic E-state index is 13.5. The van der Waals surface area contributed by atoms with Crippen LogP contribution < -0.4 is 4.74 Å². The highest BCUT2D eigenvalue weighted by Gasteiger charge is 2.08. The van der Waals surface area contributed by atoms with Crippen molar-refractivity contribution >= 4 is 23.1 Å². The summed E-state index contributed by atoms with van der Waals surface area (Å²) >= 11 is 5.53. The van der Waals surface area contributed by atoms with E-state index in [1.165, 1.54) is 12.1 Å². The lowest BCUT2D eigenvalue weighted by Gasteiger charge is -2.13. The lowest BCUT2D eigenvalue weighted by Crippen LogP contribution is -2.05. The summed E-state index contributed by atoms with van der Waals surface area (Å²) in [7, 11) is 0. The fourth-order valence-corrected chi connectivity index (χ4v) is 2.83. The van der Waals surface area contributed by atoms with Crippen LogP contribution in [0.2, 0.25) is 0 Å². The van der Waals surface area contributed by atoms with Gasteiger partial charge in [-0.2, -0.15) is 0 Å². The van der Waals surface area contributed by atoms with Crippen LogP contribution in [0.1, 0.15) is 12.7 Å². The number of aromatic nitrogens is 2. The van der Waals surface area contributed by atoms with E-state index in [1.807, 2.05) is 42.7 Å². The van der Waals surface area contributed by atoms with Crippen LogP contribution in [-0.4, -0.2) is 16.2 Å². The Labute approximate surface area is 133 Å². The van der Waals surface area contributed by atoms with Crippen molar-refractivity contribution in [2.45, 2.75) is 13.8 Å². The predicted octanol–water partition coefficient (Wildman–Crippen LogP) is 4.60. The second-order valence-electron chi connectivity index (χ2n) is 4.89. The molecule has 3 aromatic rings. The molecule has 0 spiro atoms. The van der Waals surface area contributed by atoms with Crippen molar-refractivity contribution in [1.29, 1.82) is 0 Å². The Morgan fingerprint density at radius 3 is 2.59 bits per heavy atom. The smallest absolute Gasteiger partial charge is 0.124 e. The van der Waals surface area contributed by atoms with Crippen LogP contribution in [0.5, 0.6) is 5.75 Å². The molecule has 1 aromatic heterocycles. The summed E-state index contributed by atoms with van der Waals surface area (Å²) < 4.78 is 21.3. The van der Waals surface area contributed by atoms with Crippen LogP contribution in [0.15, 0.2) is 42.5 Å². The summed E-state index contributed by atoms with van der Waals surface area (Å²) in [6, 6.07) is 12.1. The molecule has 0 N–H and O–H groups in total. The van der Waals surface area contributed by atoms with E-state index in [2.05, 4.69) is 4.98 Å². The SMILES string of the molecule is CCOc1ccc(-n2c(C)nc3ccc(F)cc3c2=S)cc1. The van der Waals surface area contributed by atoms with Gasteiger partial charge in [0.1, 0.15) is 22.0 Å². The number of hydrogen-bond acceptors (Lipinski definition) is 3. The van der Waals surface area contributed by atoms with Crippen LogP contribution in [0.4, 0.5) is 4.39 Å². The summed E-state index contributed by atoms with van der Waals surface area (Å²) in [5, 5.41) is 0.634. The summed E-state index contributed by atoms with van der Waals surface area (Å²) in [6.45, 7) is 4.44. The zero-order chi connectivity index (χ0) is 15.7. The fraction of sp³-hybridized carbons (Fsp3) is 0.176. The molecule has 0 aliphatic rings. The lowest BCUT2D eigenvalue weighted by molar-refractivity contribution is 0.340. The zero-order valence-corrected chi connectivity index (χ0v) is 13.2. The van der Waals surface area contributed by atoms with Crippen LogP contribution in [0.25, 0.3) is 16.6 Å². The molecule has 0 radical (unpaired) electrons. The largest absolute Gasteiger partial charge is 0.494 e. The lowest BCUT2D eigenvalue weighted by atomic mass is 10.2. The standard InChI is InChI=1S/C17H15FN2OS/c1-3-21-14-7-5-13(6-8-14)20-11(2)19-16-9-4-12(18)10-15(16)17(20)22/h4-10H,3H2,1-2H3.